The fourth-order valence-electron chi connectivity index (χ4n) is 1.01. The summed E-state index contributed by atoms with van der Waals surface area (Å²) in [5, 5.41) is 8.42. The number of ether oxygens (including phenoxy) is 1. The van der Waals surface area contributed by atoms with E-state index in [4.69, 9.17) is 10.00 Å². The zero-order chi connectivity index (χ0) is 8.81. The minimum Gasteiger partial charge on any atom is -0.380 e. The van der Waals surface area contributed by atoms with E-state index < -0.39 is 0 Å². The molecule has 2 nitrogen and oxygen atoms in total. The second kappa shape index (κ2) is 4.53. The van der Waals surface area contributed by atoms with Gasteiger partial charge in [-0.25, -0.2) is 0 Å². The van der Waals surface area contributed by atoms with Gasteiger partial charge in [0.1, 0.15) is 0 Å². The molecule has 0 aromatic heterocycles. The fraction of sp³-hybridized carbons (Fsp3) is 0.300. The summed E-state index contributed by atoms with van der Waals surface area (Å²) in [6.45, 7) is 0.632. The molecular formula is C10H11NO. The number of methoxy groups -OCH3 is 1. The summed E-state index contributed by atoms with van der Waals surface area (Å²) in [7, 11) is 1.67. The highest BCUT2D eigenvalue weighted by molar-refractivity contribution is 5.23. The van der Waals surface area contributed by atoms with Gasteiger partial charge in [-0.2, -0.15) is 5.26 Å². The molecule has 0 atom stereocenters. The van der Waals surface area contributed by atoms with Gasteiger partial charge in [-0.05, 0) is 11.1 Å². The second-order valence-electron chi connectivity index (χ2n) is 2.58. The van der Waals surface area contributed by atoms with Crippen molar-refractivity contribution in [2.75, 3.05) is 7.11 Å². The van der Waals surface area contributed by atoms with Crippen LogP contribution < -0.4 is 0 Å². The third kappa shape index (κ3) is 2.37. The van der Waals surface area contributed by atoms with Crippen LogP contribution in [0.15, 0.2) is 24.3 Å². The van der Waals surface area contributed by atoms with Crippen molar-refractivity contribution in [2.24, 2.45) is 0 Å². The Kier molecular flexibility index (Phi) is 3.31. The van der Waals surface area contributed by atoms with Crippen LogP contribution in [0, 0.1) is 11.3 Å². The van der Waals surface area contributed by atoms with E-state index in [0.717, 1.165) is 11.1 Å². The van der Waals surface area contributed by atoms with E-state index in [2.05, 4.69) is 6.07 Å². The van der Waals surface area contributed by atoms with Crippen molar-refractivity contribution in [2.45, 2.75) is 13.0 Å². The minimum atomic E-state index is 0.479. The Hall–Kier alpha value is -1.33. The molecule has 1 rings (SSSR count). The number of hydrogen-bond acceptors (Lipinski definition) is 2. The predicted octanol–water partition coefficient (Wildman–Crippen LogP) is 1.90. The molecule has 0 aliphatic rings. The van der Waals surface area contributed by atoms with E-state index in [1.54, 1.807) is 7.11 Å². The standard InChI is InChI=1S/C10H11NO/c1-12-8-10-4-2-9(3-5-10)6-7-11/h2-5H,6,8H2,1H3. The third-order valence-corrected chi connectivity index (χ3v) is 1.62. The average molecular weight is 161 g/mol. The lowest BCUT2D eigenvalue weighted by Gasteiger charge is -1.99. The van der Waals surface area contributed by atoms with Crippen molar-refractivity contribution in [3.05, 3.63) is 35.4 Å². The molecule has 1 aromatic rings. The molecule has 0 aliphatic carbocycles. The molecule has 0 N–H and O–H groups in total. The Morgan fingerprint density at radius 2 is 1.83 bits per heavy atom. The highest BCUT2D eigenvalue weighted by Crippen LogP contribution is 2.05. The van der Waals surface area contributed by atoms with Crippen molar-refractivity contribution < 1.29 is 4.74 Å². The van der Waals surface area contributed by atoms with E-state index in [-0.39, 0.29) is 0 Å². The number of nitriles is 1. The highest BCUT2D eigenvalue weighted by atomic mass is 16.5. The van der Waals surface area contributed by atoms with Crippen molar-refractivity contribution >= 4 is 0 Å². The van der Waals surface area contributed by atoms with Crippen LogP contribution in [-0.4, -0.2) is 7.11 Å². The topological polar surface area (TPSA) is 33.0 Å². The SMILES string of the molecule is COCc1ccc(CC#N)cc1. The Bertz CT molecular complexity index is 271. The second-order valence-corrected chi connectivity index (χ2v) is 2.58. The zero-order valence-electron chi connectivity index (χ0n) is 7.08. The summed E-state index contributed by atoms with van der Waals surface area (Å²) >= 11 is 0. The molecule has 0 radical (unpaired) electrons. The van der Waals surface area contributed by atoms with Gasteiger partial charge in [0.2, 0.25) is 0 Å². The molecule has 2 heteroatoms. The predicted molar refractivity (Wildman–Crippen MR) is 46.5 cm³/mol. The monoisotopic (exact) mass is 161 g/mol. The van der Waals surface area contributed by atoms with Crippen LogP contribution in [0.4, 0.5) is 0 Å². The van der Waals surface area contributed by atoms with Crippen LogP contribution >= 0.6 is 0 Å². The lowest BCUT2D eigenvalue weighted by molar-refractivity contribution is 0.185. The van der Waals surface area contributed by atoms with E-state index in [1.807, 2.05) is 24.3 Å². The minimum absolute atomic E-state index is 0.479. The van der Waals surface area contributed by atoms with Gasteiger partial charge in [-0.3, -0.25) is 0 Å². The number of benzene rings is 1. The van der Waals surface area contributed by atoms with E-state index in [9.17, 15) is 0 Å². The smallest absolute Gasteiger partial charge is 0.0713 e. The maximum Gasteiger partial charge on any atom is 0.0713 e. The third-order valence-electron chi connectivity index (χ3n) is 1.62. The van der Waals surface area contributed by atoms with E-state index in [1.165, 1.54) is 0 Å². The summed E-state index contributed by atoms with van der Waals surface area (Å²) in [6.07, 6.45) is 0.479. The van der Waals surface area contributed by atoms with Crippen LogP contribution in [0.2, 0.25) is 0 Å². The van der Waals surface area contributed by atoms with E-state index in [0.29, 0.717) is 13.0 Å². The van der Waals surface area contributed by atoms with Crippen LogP contribution in [0.3, 0.4) is 0 Å². The molecule has 0 heterocycles. The molecular weight excluding hydrogens is 150 g/mol. The average Bonchev–Trinajstić information content (AvgIpc) is 2.09. The maximum absolute atomic E-state index is 8.42. The Morgan fingerprint density at radius 3 is 2.33 bits per heavy atom. The van der Waals surface area contributed by atoms with Crippen molar-refractivity contribution in [1.82, 2.24) is 0 Å². The zero-order valence-corrected chi connectivity index (χ0v) is 7.08. The molecule has 12 heavy (non-hydrogen) atoms. The van der Waals surface area contributed by atoms with Crippen LogP contribution in [0.1, 0.15) is 11.1 Å². The van der Waals surface area contributed by atoms with Crippen molar-refractivity contribution in [1.29, 1.82) is 5.26 Å². The van der Waals surface area contributed by atoms with Gasteiger partial charge in [-0.1, -0.05) is 24.3 Å². The van der Waals surface area contributed by atoms with E-state index >= 15 is 0 Å². The number of hydrogen-bond donors (Lipinski definition) is 0. The summed E-state index contributed by atoms with van der Waals surface area (Å²) in [4.78, 5) is 0. The molecule has 0 bridgehead atoms. The molecule has 0 aliphatic heterocycles. The summed E-state index contributed by atoms with van der Waals surface area (Å²) < 4.78 is 4.96. The Morgan fingerprint density at radius 1 is 1.25 bits per heavy atom. The molecule has 62 valence electrons. The van der Waals surface area contributed by atoms with Gasteiger partial charge in [0.05, 0.1) is 19.1 Å². The summed E-state index contributed by atoms with van der Waals surface area (Å²) in [6, 6.07) is 9.98. The molecule has 1 aromatic carbocycles. The quantitative estimate of drug-likeness (QED) is 0.678. The van der Waals surface area contributed by atoms with Gasteiger partial charge < -0.3 is 4.74 Å². The highest BCUT2D eigenvalue weighted by Gasteiger charge is 1.92. The van der Waals surface area contributed by atoms with Gasteiger partial charge in [-0.15, -0.1) is 0 Å². The molecule has 0 amide bonds. The summed E-state index contributed by atoms with van der Waals surface area (Å²) in [5.41, 5.74) is 2.19. The fourth-order valence-corrected chi connectivity index (χ4v) is 1.01. The normalized spacial score (nSPS) is 9.33. The van der Waals surface area contributed by atoms with Crippen LogP contribution in [0.5, 0.6) is 0 Å². The molecule has 0 unspecified atom stereocenters. The number of rotatable bonds is 3. The maximum atomic E-state index is 8.42. The number of nitrogens with zero attached hydrogens (tertiary/aromatic N) is 1. The Balaban J connectivity index is 2.66. The van der Waals surface area contributed by atoms with Crippen LogP contribution in [0.25, 0.3) is 0 Å². The van der Waals surface area contributed by atoms with Gasteiger partial charge in [0.15, 0.2) is 0 Å². The van der Waals surface area contributed by atoms with Gasteiger partial charge in [0.25, 0.3) is 0 Å². The molecule has 0 saturated carbocycles. The summed E-state index contributed by atoms with van der Waals surface area (Å²) in [5.74, 6) is 0. The Labute approximate surface area is 72.4 Å². The first kappa shape index (κ1) is 8.76. The van der Waals surface area contributed by atoms with Crippen molar-refractivity contribution in [3.63, 3.8) is 0 Å². The van der Waals surface area contributed by atoms with Crippen molar-refractivity contribution in [3.8, 4) is 6.07 Å². The first-order valence-electron chi connectivity index (χ1n) is 3.80. The lowest BCUT2D eigenvalue weighted by atomic mass is 10.1. The largest absolute Gasteiger partial charge is 0.380 e. The van der Waals surface area contributed by atoms with Gasteiger partial charge >= 0.3 is 0 Å². The van der Waals surface area contributed by atoms with Gasteiger partial charge in [0, 0.05) is 7.11 Å². The molecule has 0 saturated heterocycles. The van der Waals surface area contributed by atoms with Crippen LogP contribution in [-0.2, 0) is 17.8 Å². The first-order chi connectivity index (χ1) is 5.86. The molecule has 0 fully saturated rings. The molecule has 0 spiro atoms. The first-order valence-corrected chi connectivity index (χ1v) is 3.80. The lowest BCUT2D eigenvalue weighted by Crippen LogP contribution is -1.88.